The van der Waals surface area contributed by atoms with Gasteiger partial charge in [0.2, 0.25) is 5.91 Å². The van der Waals surface area contributed by atoms with E-state index in [0.717, 1.165) is 32.1 Å². The van der Waals surface area contributed by atoms with Gasteiger partial charge >= 0.3 is 0 Å². The number of carbonyl (C=O) groups is 1. The molecular formula is C12H24N2O2. The third-order valence-electron chi connectivity index (χ3n) is 3.35. The van der Waals surface area contributed by atoms with E-state index in [2.05, 4.69) is 12.2 Å². The van der Waals surface area contributed by atoms with Gasteiger partial charge in [-0.05, 0) is 19.3 Å². The van der Waals surface area contributed by atoms with E-state index < -0.39 is 12.0 Å². The van der Waals surface area contributed by atoms with Crippen molar-refractivity contribution in [1.82, 2.24) is 5.32 Å². The van der Waals surface area contributed by atoms with Gasteiger partial charge in [0.25, 0.3) is 0 Å². The molecule has 1 rings (SSSR count). The van der Waals surface area contributed by atoms with Gasteiger partial charge in [-0.2, -0.15) is 0 Å². The quantitative estimate of drug-likeness (QED) is 0.606. The van der Waals surface area contributed by atoms with Crippen molar-refractivity contribution in [3.8, 4) is 0 Å². The average Bonchev–Trinajstić information content (AvgIpc) is 2.75. The van der Waals surface area contributed by atoms with Gasteiger partial charge in [0.15, 0.2) is 0 Å². The Hall–Kier alpha value is -0.610. The molecule has 0 radical (unpaired) electrons. The van der Waals surface area contributed by atoms with Crippen LogP contribution in [0.4, 0.5) is 0 Å². The van der Waals surface area contributed by atoms with Crippen LogP contribution in [0.1, 0.15) is 51.9 Å². The molecule has 0 bridgehead atoms. The number of hydrogen-bond acceptors (Lipinski definition) is 3. The molecule has 1 amide bonds. The first kappa shape index (κ1) is 13.5. The standard InChI is InChI=1S/C12H24N2O2/c1-2-3-8-10(11(15)12(13)16)14-9-6-4-5-7-9/h9-11,14-15H,2-8H2,1H3,(H2,13,16)/t10-,11?/m0/s1. The van der Waals surface area contributed by atoms with Crippen LogP contribution in [0.2, 0.25) is 0 Å². The molecular weight excluding hydrogens is 204 g/mol. The van der Waals surface area contributed by atoms with E-state index in [-0.39, 0.29) is 6.04 Å². The molecule has 1 unspecified atom stereocenters. The number of aliphatic hydroxyl groups is 1. The minimum Gasteiger partial charge on any atom is -0.382 e. The van der Waals surface area contributed by atoms with Crippen molar-refractivity contribution in [2.45, 2.75) is 70.1 Å². The molecule has 0 spiro atoms. The Morgan fingerprint density at radius 1 is 1.50 bits per heavy atom. The molecule has 94 valence electrons. The van der Waals surface area contributed by atoms with Gasteiger partial charge in [0.1, 0.15) is 6.10 Å². The summed E-state index contributed by atoms with van der Waals surface area (Å²) in [4.78, 5) is 11.0. The zero-order chi connectivity index (χ0) is 12.0. The number of primary amides is 1. The Bertz CT molecular complexity index is 215. The lowest BCUT2D eigenvalue weighted by atomic mass is 10.0. The predicted molar refractivity (Wildman–Crippen MR) is 63.9 cm³/mol. The van der Waals surface area contributed by atoms with Gasteiger partial charge in [0.05, 0.1) is 0 Å². The zero-order valence-electron chi connectivity index (χ0n) is 10.1. The number of nitrogens with one attached hydrogen (secondary N) is 1. The molecule has 1 aliphatic rings. The van der Waals surface area contributed by atoms with Crippen LogP contribution >= 0.6 is 0 Å². The lowest BCUT2D eigenvalue weighted by Crippen LogP contribution is -2.50. The van der Waals surface area contributed by atoms with Crippen LogP contribution in [0.5, 0.6) is 0 Å². The second-order valence-electron chi connectivity index (χ2n) is 4.74. The van der Waals surface area contributed by atoms with Gasteiger partial charge in [-0.15, -0.1) is 0 Å². The minimum absolute atomic E-state index is 0.166. The molecule has 0 aromatic rings. The lowest BCUT2D eigenvalue weighted by Gasteiger charge is -2.25. The van der Waals surface area contributed by atoms with Crippen LogP contribution in [-0.2, 0) is 4.79 Å². The second kappa shape index (κ2) is 6.86. The smallest absolute Gasteiger partial charge is 0.247 e. The SMILES string of the molecule is CCCC[C@H](NC1CCCC1)C(O)C(N)=O. The molecule has 2 atom stereocenters. The van der Waals surface area contributed by atoms with E-state index in [1.165, 1.54) is 12.8 Å². The van der Waals surface area contributed by atoms with Crippen LogP contribution in [0.3, 0.4) is 0 Å². The maximum absolute atomic E-state index is 11.0. The normalized spacial score (nSPS) is 20.9. The minimum atomic E-state index is -1.05. The third-order valence-corrected chi connectivity index (χ3v) is 3.35. The summed E-state index contributed by atoms with van der Waals surface area (Å²) in [6, 6.07) is 0.288. The summed E-state index contributed by atoms with van der Waals surface area (Å²) in [7, 11) is 0. The first-order chi connectivity index (χ1) is 7.65. The number of hydrogen-bond donors (Lipinski definition) is 3. The summed E-state index contributed by atoms with van der Waals surface area (Å²) < 4.78 is 0. The van der Waals surface area contributed by atoms with E-state index >= 15 is 0 Å². The molecule has 1 aliphatic carbocycles. The van der Waals surface area contributed by atoms with Crippen molar-refractivity contribution in [2.75, 3.05) is 0 Å². The highest BCUT2D eigenvalue weighted by Gasteiger charge is 2.27. The first-order valence-electron chi connectivity index (χ1n) is 6.38. The number of rotatable bonds is 7. The van der Waals surface area contributed by atoms with Crippen molar-refractivity contribution in [3.05, 3.63) is 0 Å². The monoisotopic (exact) mass is 228 g/mol. The molecule has 1 saturated carbocycles. The van der Waals surface area contributed by atoms with Crippen LogP contribution in [0.15, 0.2) is 0 Å². The number of amides is 1. The summed E-state index contributed by atoms with van der Waals surface area (Å²) in [6.45, 7) is 2.10. The zero-order valence-corrected chi connectivity index (χ0v) is 10.1. The largest absolute Gasteiger partial charge is 0.382 e. The molecule has 0 aliphatic heterocycles. The highest BCUT2D eigenvalue weighted by Crippen LogP contribution is 2.19. The fourth-order valence-electron chi connectivity index (χ4n) is 2.35. The number of unbranched alkanes of at least 4 members (excludes halogenated alkanes) is 1. The molecule has 1 fully saturated rings. The summed E-state index contributed by atoms with van der Waals surface area (Å²) >= 11 is 0. The molecule has 4 nitrogen and oxygen atoms in total. The number of aliphatic hydroxyl groups excluding tert-OH is 1. The highest BCUT2D eigenvalue weighted by molar-refractivity contribution is 5.79. The molecule has 4 N–H and O–H groups in total. The van der Waals surface area contributed by atoms with Crippen LogP contribution in [0, 0.1) is 0 Å². The maximum atomic E-state index is 11.0. The topological polar surface area (TPSA) is 75.3 Å². The Morgan fingerprint density at radius 3 is 2.62 bits per heavy atom. The fraction of sp³-hybridized carbons (Fsp3) is 0.917. The molecule has 0 heterocycles. The van der Waals surface area contributed by atoms with Gasteiger partial charge in [0, 0.05) is 12.1 Å². The van der Waals surface area contributed by atoms with Crippen molar-refractivity contribution >= 4 is 5.91 Å². The Balaban J connectivity index is 2.44. The number of carbonyl (C=O) groups excluding carboxylic acids is 1. The second-order valence-corrected chi connectivity index (χ2v) is 4.74. The highest BCUT2D eigenvalue weighted by atomic mass is 16.3. The first-order valence-corrected chi connectivity index (χ1v) is 6.38. The van der Waals surface area contributed by atoms with E-state index in [1.807, 2.05) is 0 Å². The predicted octanol–water partition coefficient (Wildman–Crippen LogP) is 0.924. The summed E-state index contributed by atoms with van der Waals surface area (Å²) in [6.07, 6.45) is 6.62. The van der Waals surface area contributed by atoms with Crippen molar-refractivity contribution in [3.63, 3.8) is 0 Å². The Kier molecular flexibility index (Phi) is 5.77. The van der Waals surface area contributed by atoms with Gasteiger partial charge in [-0.3, -0.25) is 4.79 Å². The lowest BCUT2D eigenvalue weighted by molar-refractivity contribution is -0.127. The number of nitrogens with two attached hydrogens (primary N) is 1. The van der Waals surface area contributed by atoms with Gasteiger partial charge < -0.3 is 16.2 Å². The Morgan fingerprint density at radius 2 is 2.12 bits per heavy atom. The van der Waals surface area contributed by atoms with Crippen molar-refractivity contribution in [1.29, 1.82) is 0 Å². The summed E-state index contributed by atoms with van der Waals surface area (Å²) in [5, 5.41) is 13.1. The van der Waals surface area contributed by atoms with Crippen LogP contribution in [-0.4, -0.2) is 29.2 Å². The molecule has 4 heteroatoms. The summed E-state index contributed by atoms with van der Waals surface area (Å²) in [5.41, 5.74) is 5.15. The molecule has 0 aromatic heterocycles. The van der Waals surface area contributed by atoms with Gasteiger partial charge in [-0.1, -0.05) is 32.6 Å². The van der Waals surface area contributed by atoms with Crippen LogP contribution in [0.25, 0.3) is 0 Å². The fourth-order valence-corrected chi connectivity index (χ4v) is 2.35. The third kappa shape index (κ3) is 4.10. The van der Waals surface area contributed by atoms with Crippen molar-refractivity contribution < 1.29 is 9.90 Å². The van der Waals surface area contributed by atoms with Crippen LogP contribution < -0.4 is 11.1 Å². The van der Waals surface area contributed by atoms with Gasteiger partial charge in [-0.25, -0.2) is 0 Å². The van der Waals surface area contributed by atoms with E-state index in [9.17, 15) is 9.90 Å². The molecule has 0 saturated heterocycles. The van der Waals surface area contributed by atoms with E-state index in [0.29, 0.717) is 6.04 Å². The molecule has 16 heavy (non-hydrogen) atoms. The van der Waals surface area contributed by atoms with E-state index in [4.69, 9.17) is 5.73 Å². The average molecular weight is 228 g/mol. The summed E-state index contributed by atoms with van der Waals surface area (Å²) in [5.74, 6) is -0.619. The maximum Gasteiger partial charge on any atom is 0.247 e. The van der Waals surface area contributed by atoms with E-state index in [1.54, 1.807) is 0 Å². The Labute approximate surface area is 97.6 Å². The van der Waals surface area contributed by atoms with Crippen molar-refractivity contribution in [2.24, 2.45) is 5.73 Å². The molecule has 0 aromatic carbocycles.